The van der Waals surface area contributed by atoms with Crippen LogP contribution in [0.3, 0.4) is 0 Å². The number of hydrogen-bond donors (Lipinski definition) is 1. The highest BCUT2D eigenvalue weighted by molar-refractivity contribution is 6.35. The molecule has 1 heterocycles. The van der Waals surface area contributed by atoms with Crippen LogP contribution in [-0.2, 0) is 6.42 Å². The molecule has 5 nitrogen and oxygen atoms in total. The van der Waals surface area contributed by atoms with Gasteiger partial charge in [0.1, 0.15) is 11.3 Å². The van der Waals surface area contributed by atoms with Crippen LogP contribution in [0.15, 0.2) is 50.7 Å². The first-order chi connectivity index (χ1) is 15.9. The average molecular weight is 507 g/mol. The molecule has 3 aromatic rings. The molecule has 1 N–H and O–H groups in total. The SMILES string of the molecule is CCN(CC)CCN/N=C1/CC(c2ccc(Cl)cc2Cl)Cc2oc3ccc(Cl)cc3c(=O)c21. The predicted molar refractivity (Wildman–Crippen MR) is 137 cm³/mol. The van der Waals surface area contributed by atoms with Gasteiger partial charge < -0.3 is 14.7 Å². The topological polar surface area (TPSA) is 57.8 Å². The molecule has 0 amide bonds. The minimum atomic E-state index is -0.112. The summed E-state index contributed by atoms with van der Waals surface area (Å²) in [6, 6.07) is 10.6. The second-order valence-electron chi connectivity index (χ2n) is 8.13. The standard InChI is InChI=1S/C25H26Cl3N3O2/c1-3-31(4-2)10-9-29-30-21-11-15(18-7-5-17(27)14-20(18)28)12-23-24(21)25(32)19-13-16(26)6-8-22(19)33-23/h5-8,13-15,29H,3-4,9-12H2,1-2H3/b30-21-. The molecule has 1 aliphatic rings. The fraction of sp³-hybridized carbons (Fsp3) is 0.360. The fourth-order valence-corrected chi connectivity index (χ4v) is 5.07. The van der Waals surface area contributed by atoms with Gasteiger partial charge in [-0.15, -0.1) is 0 Å². The van der Waals surface area contributed by atoms with Gasteiger partial charge in [-0.1, -0.05) is 54.7 Å². The number of halogens is 3. The number of likely N-dealkylation sites (N-methyl/N-ethyl adjacent to an activating group) is 1. The number of rotatable bonds is 7. The molecule has 0 radical (unpaired) electrons. The molecular formula is C25H26Cl3N3O2. The second kappa shape index (κ2) is 10.5. The smallest absolute Gasteiger partial charge is 0.202 e. The summed E-state index contributed by atoms with van der Waals surface area (Å²) in [5.74, 6) is 0.625. The third-order valence-corrected chi connectivity index (χ3v) is 6.93. The van der Waals surface area contributed by atoms with Gasteiger partial charge in [-0.05, 0) is 61.3 Å². The van der Waals surface area contributed by atoms with Crippen LogP contribution >= 0.6 is 34.8 Å². The van der Waals surface area contributed by atoms with E-state index in [0.717, 1.165) is 25.2 Å². The van der Waals surface area contributed by atoms with Crippen LogP contribution < -0.4 is 10.9 Å². The molecule has 0 saturated carbocycles. The average Bonchev–Trinajstić information content (AvgIpc) is 2.79. The summed E-state index contributed by atoms with van der Waals surface area (Å²) >= 11 is 18.8. The van der Waals surface area contributed by atoms with Crippen molar-refractivity contribution in [3.05, 3.63) is 78.6 Å². The summed E-state index contributed by atoms with van der Waals surface area (Å²) < 4.78 is 6.20. The van der Waals surface area contributed by atoms with E-state index in [-0.39, 0.29) is 11.3 Å². The Morgan fingerprint density at radius 2 is 1.79 bits per heavy atom. The van der Waals surface area contributed by atoms with E-state index in [2.05, 4.69) is 29.3 Å². The van der Waals surface area contributed by atoms with Crippen molar-refractivity contribution >= 4 is 51.5 Å². The van der Waals surface area contributed by atoms with E-state index in [1.807, 2.05) is 12.1 Å². The third-order valence-electron chi connectivity index (χ3n) is 6.14. The molecular weight excluding hydrogens is 481 g/mol. The van der Waals surface area contributed by atoms with Gasteiger partial charge in [0, 0.05) is 34.6 Å². The summed E-state index contributed by atoms with van der Waals surface area (Å²) in [6.07, 6.45) is 1.10. The molecule has 174 valence electrons. The van der Waals surface area contributed by atoms with E-state index in [1.54, 1.807) is 24.3 Å². The second-order valence-corrected chi connectivity index (χ2v) is 9.41. The van der Waals surface area contributed by atoms with Gasteiger partial charge in [0.25, 0.3) is 0 Å². The van der Waals surface area contributed by atoms with Gasteiger partial charge in [-0.25, -0.2) is 0 Å². The van der Waals surface area contributed by atoms with E-state index >= 15 is 0 Å². The molecule has 0 spiro atoms. The first-order valence-electron chi connectivity index (χ1n) is 11.1. The van der Waals surface area contributed by atoms with Crippen LogP contribution in [0, 0.1) is 0 Å². The molecule has 0 bridgehead atoms. The molecule has 33 heavy (non-hydrogen) atoms. The highest BCUT2D eigenvalue weighted by Gasteiger charge is 2.31. The maximum atomic E-state index is 13.4. The molecule has 1 aliphatic carbocycles. The summed E-state index contributed by atoms with van der Waals surface area (Å²) in [5.41, 5.74) is 5.71. The molecule has 0 aliphatic heterocycles. The Bertz CT molecular complexity index is 1250. The van der Waals surface area contributed by atoms with Gasteiger partial charge >= 0.3 is 0 Å². The third kappa shape index (κ3) is 5.22. The zero-order valence-electron chi connectivity index (χ0n) is 18.6. The molecule has 0 fully saturated rings. The Balaban J connectivity index is 1.75. The lowest BCUT2D eigenvalue weighted by atomic mass is 9.81. The lowest BCUT2D eigenvalue weighted by molar-refractivity contribution is 0.303. The van der Waals surface area contributed by atoms with Gasteiger partial charge in [0.2, 0.25) is 5.43 Å². The Morgan fingerprint density at radius 1 is 1.06 bits per heavy atom. The van der Waals surface area contributed by atoms with Crippen molar-refractivity contribution in [2.45, 2.75) is 32.6 Å². The lowest BCUT2D eigenvalue weighted by Gasteiger charge is -2.26. The largest absolute Gasteiger partial charge is 0.460 e. The number of nitrogens with zero attached hydrogens (tertiary/aromatic N) is 2. The molecule has 0 saturated heterocycles. The fourth-order valence-electron chi connectivity index (χ4n) is 4.33. The summed E-state index contributed by atoms with van der Waals surface area (Å²) in [4.78, 5) is 15.8. The first-order valence-corrected chi connectivity index (χ1v) is 12.3. The van der Waals surface area contributed by atoms with Crippen molar-refractivity contribution in [1.29, 1.82) is 0 Å². The van der Waals surface area contributed by atoms with Crippen LogP contribution in [0.4, 0.5) is 0 Å². The molecule has 8 heteroatoms. The van der Waals surface area contributed by atoms with Gasteiger partial charge in [0.05, 0.1) is 16.7 Å². The van der Waals surface area contributed by atoms with Crippen molar-refractivity contribution in [2.75, 3.05) is 26.2 Å². The van der Waals surface area contributed by atoms with E-state index in [0.29, 0.717) is 62.5 Å². The van der Waals surface area contributed by atoms with Crippen LogP contribution in [0.5, 0.6) is 0 Å². The monoisotopic (exact) mass is 505 g/mol. The number of hydrazone groups is 1. The van der Waals surface area contributed by atoms with Crippen LogP contribution in [0.2, 0.25) is 15.1 Å². The zero-order valence-corrected chi connectivity index (χ0v) is 20.9. The quantitative estimate of drug-likeness (QED) is 0.310. The van der Waals surface area contributed by atoms with E-state index in [9.17, 15) is 4.79 Å². The Hall–Kier alpha value is -2.05. The highest BCUT2D eigenvalue weighted by atomic mass is 35.5. The molecule has 4 rings (SSSR count). The van der Waals surface area contributed by atoms with Crippen molar-refractivity contribution in [3.8, 4) is 0 Å². The normalized spacial score (nSPS) is 17.0. The minimum Gasteiger partial charge on any atom is -0.460 e. The molecule has 2 aromatic carbocycles. The Morgan fingerprint density at radius 3 is 2.52 bits per heavy atom. The van der Waals surface area contributed by atoms with Crippen LogP contribution in [0.25, 0.3) is 11.0 Å². The van der Waals surface area contributed by atoms with Crippen molar-refractivity contribution in [1.82, 2.24) is 10.3 Å². The summed E-state index contributed by atoms with van der Waals surface area (Å²) in [7, 11) is 0. The summed E-state index contributed by atoms with van der Waals surface area (Å²) in [5, 5.41) is 6.79. The van der Waals surface area contributed by atoms with E-state index in [4.69, 9.17) is 39.2 Å². The van der Waals surface area contributed by atoms with Gasteiger partial charge in [-0.3, -0.25) is 4.79 Å². The Kier molecular flexibility index (Phi) is 7.65. The highest BCUT2D eigenvalue weighted by Crippen LogP contribution is 2.37. The van der Waals surface area contributed by atoms with Crippen molar-refractivity contribution in [3.63, 3.8) is 0 Å². The zero-order chi connectivity index (χ0) is 23.5. The van der Waals surface area contributed by atoms with Crippen LogP contribution in [-0.4, -0.2) is 36.8 Å². The number of nitrogens with one attached hydrogen (secondary N) is 1. The van der Waals surface area contributed by atoms with Crippen molar-refractivity contribution < 1.29 is 4.42 Å². The first kappa shape index (κ1) is 24.1. The molecule has 1 aromatic heterocycles. The number of hydrogen-bond acceptors (Lipinski definition) is 5. The van der Waals surface area contributed by atoms with Crippen molar-refractivity contribution in [2.24, 2.45) is 5.10 Å². The predicted octanol–water partition coefficient (Wildman–Crippen LogP) is 6.12. The Labute approximate surface area is 208 Å². The molecule has 1 atom stereocenters. The maximum Gasteiger partial charge on any atom is 0.202 e. The van der Waals surface area contributed by atoms with Gasteiger partial charge in [0.15, 0.2) is 0 Å². The van der Waals surface area contributed by atoms with E-state index in [1.165, 1.54) is 0 Å². The maximum absolute atomic E-state index is 13.4. The minimum absolute atomic E-state index is 0.0125. The van der Waals surface area contributed by atoms with E-state index < -0.39 is 0 Å². The summed E-state index contributed by atoms with van der Waals surface area (Å²) in [6.45, 7) is 7.77. The van der Waals surface area contributed by atoms with Crippen LogP contribution in [0.1, 0.15) is 43.1 Å². The number of benzene rings is 2. The number of fused-ring (bicyclic) bond motifs is 2. The lowest BCUT2D eigenvalue weighted by Crippen LogP contribution is -2.32. The molecule has 1 unspecified atom stereocenters. The van der Waals surface area contributed by atoms with Gasteiger partial charge in [-0.2, -0.15) is 5.10 Å².